The lowest BCUT2D eigenvalue weighted by Crippen LogP contribution is -2.48. The van der Waals surface area contributed by atoms with Crippen molar-refractivity contribution in [2.45, 2.75) is 18.9 Å². The van der Waals surface area contributed by atoms with E-state index in [1.807, 2.05) is 4.90 Å². The number of carbonyl (C=O) groups is 1. The third-order valence-corrected chi connectivity index (χ3v) is 4.44. The van der Waals surface area contributed by atoms with Crippen LogP contribution in [0.1, 0.15) is 23.2 Å². The summed E-state index contributed by atoms with van der Waals surface area (Å²) in [5, 5.41) is 13.0. The minimum atomic E-state index is 0.0114. The number of phenols is 1. The second-order valence-corrected chi connectivity index (χ2v) is 5.70. The number of carbonyl (C=O) groups excluding carboxylic acids is 1. The van der Waals surface area contributed by atoms with Crippen LogP contribution in [0.15, 0.2) is 18.2 Å². The van der Waals surface area contributed by atoms with E-state index in [2.05, 4.69) is 5.32 Å². The molecule has 19 heavy (non-hydrogen) atoms. The Hall–Kier alpha value is -1.26. The number of rotatable bonds is 1. The number of benzene rings is 1. The Morgan fingerprint density at radius 1 is 1.42 bits per heavy atom. The van der Waals surface area contributed by atoms with Crippen molar-refractivity contribution in [1.29, 1.82) is 0 Å². The van der Waals surface area contributed by atoms with Gasteiger partial charge in [0, 0.05) is 31.2 Å². The zero-order chi connectivity index (χ0) is 13.4. The van der Waals surface area contributed by atoms with Crippen LogP contribution in [0.25, 0.3) is 0 Å². The Bertz CT molecular complexity index is 506. The van der Waals surface area contributed by atoms with Crippen LogP contribution in [0.2, 0.25) is 5.02 Å². The summed E-state index contributed by atoms with van der Waals surface area (Å²) in [5.41, 5.74) is 0.551. The Kier molecular flexibility index (Phi) is 3.37. The third kappa shape index (κ3) is 2.30. The summed E-state index contributed by atoms with van der Waals surface area (Å²) in [6.07, 6.45) is 2.25. The fourth-order valence-electron chi connectivity index (χ4n) is 3.13. The molecule has 3 rings (SSSR count). The summed E-state index contributed by atoms with van der Waals surface area (Å²) in [5.74, 6) is 0.600. The molecular weight excluding hydrogens is 264 g/mol. The molecule has 0 radical (unpaired) electrons. The number of halogens is 1. The number of fused-ring (bicyclic) bond motifs is 1. The van der Waals surface area contributed by atoms with Crippen LogP contribution >= 0.6 is 11.6 Å². The van der Waals surface area contributed by atoms with Crippen LogP contribution in [-0.2, 0) is 0 Å². The third-order valence-electron chi connectivity index (χ3n) is 4.13. The maximum atomic E-state index is 12.6. The molecule has 2 aliphatic heterocycles. The van der Waals surface area contributed by atoms with Crippen molar-refractivity contribution in [3.63, 3.8) is 0 Å². The van der Waals surface area contributed by atoms with E-state index in [9.17, 15) is 9.90 Å². The van der Waals surface area contributed by atoms with Gasteiger partial charge >= 0.3 is 0 Å². The number of nitrogens with one attached hydrogen (secondary N) is 1. The molecule has 2 N–H and O–H groups in total. The lowest BCUT2D eigenvalue weighted by molar-refractivity contribution is 0.0575. The number of nitrogens with zero attached hydrogens (tertiary/aromatic N) is 1. The van der Waals surface area contributed by atoms with E-state index in [0.717, 1.165) is 26.1 Å². The van der Waals surface area contributed by atoms with Crippen molar-refractivity contribution >= 4 is 17.5 Å². The zero-order valence-electron chi connectivity index (χ0n) is 10.6. The zero-order valence-corrected chi connectivity index (χ0v) is 11.4. The van der Waals surface area contributed by atoms with Gasteiger partial charge in [-0.2, -0.15) is 0 Å². The molecule has 0 aliphatic carbocycles. The molecular formula is C14H17ClN2O2. The molecule has 0 saturated carbocycles. The van der Waals surface area contributed by atoms with Crippen LogP contribution < -0.4 is 5.32 Å². The van der Waals surface area contributed by atoms with Crippen molar-refractivity contribution in [3.8, 4) is 5.75 Å². The lowest BCUT2D eigenvalue weighted by atomic mass is 9.91. The van der Waals surface area contributed by atoms with Crippen molar-refractivity contribution in [2.24, 2.45) is 5.92 Å². The van der Waals surface area contributed by atoms with Crippen LogP contribution in [0.5, 0.6) is 5.75 Å². The molecule has 102 valence electrons. The molecule has 2 heterocycles. The van der Waals surface area contributed by atoms with Crippen molar-refractivity contribution in [2.75, 3.05) is 19.6 Å². The Labute approximate surface area is 117 Å². The molecule has 2 unspecified atom stereocenters. The topological polar surface area (TPSA) is 52.6 Å². The van der Waals surface area contributed by atoms with E-state index in [1.54, 1.807) is 12.1 Å². The van der Waals surface area contributed by atoms with Gasteiger partial charge in [0.05, 0.1) is 5.02 Å². The number of amides is 1. The molecule has 0 aromatic heterocycles. The maximum Gasteiger partial charge on any atom is 0.254 e. The van der Waals surface area contributed by atoms with E-state index < -0.39 is 0 Å². The van der Waals surface area contributed by atoms with E-state index in [1.165, 1.54) is 12.5 Å². The molecule has 2 fully saturated rings. The molecule has 5 heteroatoms. The molecule has 2 atom stereocenters. The average molecular weight is 281 g/mol. The largest absolute Gasteiger partial charge is 0.506 e. The summed E-state index contributed by atoms with van der Waals surface area (Å²) in [6.45, 7) is 2.69. The maximum absolute atomic E-state index is 12.6. The predicted octanol–water partition coefficient (Wildman–Crippen LogP) is 1.87. The van der Waals surface area contributed by atoms with Crippen molar-refractivity contribution in [3.05, 3.63) is 28.8 Å². The molecule has 4 nitrogen and oxygen atoms in total. The smallest absolute Gasteiger partial charge is 0.254 e. The highest BCUT2D eigenvalue weighted by molar-refractivity contribution is 6.32. The highest BCUT2D eigenvalue weighted by Crippen LogP contribution is 2.29. The van der Waals surface area contributed by atoms with Gasteiger partial charge in [-0.1, -0.05) is 11.6 Å². The van der Waals surface area contributed by atoms with Gasteiger partial charge in [0.2, 0.25) is 0 Å². The van der Waals surface area contributed by atoms with Gasteiger partial charge in [-0.25, -0.2) is 0 Å². The Morgan fingerprint density at radius 2 is 2.26 bits per heavy atom. The van der Waals surface area contributed by atoms with Crippen molar-refractivity contribution < 1.29 is 9.90 Å². The van der Waals surface area contributed by atoms with E-state index in [-0.39, 0.29) is 16.7 Å². The summed E-state index contributed by atoms with van der Waals surface area (Å²) >= 11 is 5.88. The first-order valence-electron chi connectivity index (χ1n) is 6.67. The number of hydrogen-bond acceptors (Lipinski definition) is 3. The standard InChI is InChI=1S/C14H17ClN2O2/c15-11-6-9(3-4-13(11)18)14(19)17-5-1-2-10-7-16-8-12(10)17/h3-4,6,10,12,16,18H,1-2,5,7-8H2. The number of phenolic OH excluding ortho intramolecular Hbond substituents is 1. The molecule has 0 bridgehead atoms. The molecule has 0 spiro atoms. The number of aromatic hydroxyl groups is 1. The fourth-order valence-corrected chi connectivity index (χ4v) is 3.31. The lowest BCUT2D eigenvalue weighted by Gasteiger charge is -2.37. The molecule has 1 amide bonds. The second kappa shape index (κ2) is 5.02. The van der Waals surface area contributed by atoms with Gasteiger partial charge in [0.15, 0.2) is 0 Å². The second-order valence-electron chi connectivity index (χ2n) is 5.29. The number of piperidine rings is 1. The Morgan fingerprint density at radius 3 is 3.05 bits per heavy atom. The quantitative estimate of drug-likeness (QED) is 0.826. The summed E-state index contributed by atoms with van der Waals surface area (Å²) in [6, 6.07) is 4.96. The molecule has 2 saturated heterocycles. The van der Waals surface area contributed by atoms with Crippen molar-refractivity contribution in [1.82, 2.24) is 10.2 Å². The number of likely N-dealkylation sites (tertiary alicyclic amines) is 1. The minimum Gasteiger partial charge on any atom is -0.506 e. The summed E-state index contributed by atoms with van der Waals surface area (Å²) < 4.78 is 0. The first-order valence-corrected chi connectivity index (χ1v) is 7.05. The van der Waals surface area contributed by atoms with Gasteiger partial charge in [-0.15, -0.1) is 0 Å². The summed E-state index contributed by atoms with van der Waals surface area (Å²) in [4.78, 5) is 14.5. The highest BCUT2D eigenvalue weighted by Gasteiger charge is 2.37. The molecule has 2 aliphatic rings. The van der Waals surface area contributed by atoms with Gasteiger partial charge < -0.3 is 15.3 Å². The van der Waals surface area contributed by atoms with Crippen LogP contribution in [0.4, 0.5) is 0 Å². The van der Waals surface area contributed by atoms with E-state index in [0.29, 0.717) is 17.5 Å². The first-order chi connectivity index (χ1) is 9.16. The first kappa shape index (κ1) is 12.8. The van der Waals surface area contributed by atoms with Gasteiger partial charge in [-0.05, 0) is 37.0 Å². The van der Waals surface area contributed by atoms with E-state index >= 15 is 0 Å². The normalized spacial score (nSPS) is 26.3. The minimum absolute atomic E-state index is 0.0114. The molecule has 1 aromatic carbocycles. The predicted molar refractivity (Wildman–Crippen MR) is 73.5 cm³/mol. The van der Waals surface area contributed by atoms with Crippen LogP contribution in [0, 0.1) is 5.92 Å². The summed E-state index contributed by atoms with van der Waals surface area (Å²) in [7, 11) is 0. The fraction of sp³-hybridized carbons (Fsp3) is 0.500. The average Bonchev–Trinajstić information content (AvgIpc) is 2.89. The van der Waals surface area contributed by atoms with E-state index in [4.69, 9.17) is 11.6 Å². The monoisotopic (exact) mass is 280 g/mol. The van der Waals surface area contributed by atoms with Gasteiger partial charge in [0.1, 0.15) is 5.75 Å². The van der Waals surface area contributed by atoms with Gasteiger partial charge in [-0.3, -0.25) is 4.79 Å². The number of hydrogen-bond donors (Lipinski definition) is 2. The van der Waals surface area contributed by atoms with Gasteiger partial charge in [0.25, 0.3) is 5.91 Å². The molecule has 1 aromatic rings. The van der Waals surface area contributed by atoms with Crippen LogP contribution in [-0.4, -0.2) is 41.6 Å². The van der Waals surface area contributed by atoms with Crippen LogP contribution in [0.3, 0.4) is 0 Å². The SMILES string of the molecule is O=C(c1ccc(O)c(Cl)c1)N1CCCC2CNCC21. The highest BCUT2D eigenvalue weighted by atomic mass is 35.5. The Balaban J connectivity index is 1.84.